The second-order valence-electron chi connectivity index (χ2n) is 4.90. The predicted molar refractivity (Wildman–Crippen MR) is 75.2 cm³/mol. The number of hydrogen-bond donors (Lipinski definition) is 1. The zero-order valence-corrected chi connectivity index (χ0v) is 11.6. The molecule has 1 aliphatic heterocycles. The highest BCUT2D eigenvalue weighted by molar-refractivity contribution is 5.92. The van der Waals surface area contributed by atoms with Crippen molar-refractivity contribution in [1.29, 1.82) is 0 Å². The highest BCUT2D eigenvalue weighted by Crippen LogP contribution is 2.12. The van der Waals surface area contributed by atoms with Crippen LogP contribution in [0.3, 0.4) is 0 Å². The zero-order valence-electron chi connectivity index (χ0n) is 11.6. The van der Waals surface area contributed by atoms with Crippen LogP contribution < -0.4 is 5.32 Å². The molecule has 0 aliphatic carbocycles. The molecule has 104 valence electrons. The second-order valence-corrected chi connectivity index (χ2v) is 4.90. The predicted octanol–water partition coefficient (Wildman–Crippen LogP) is 2.31. The van der Waals surface area contributed by atoms with Crippen molar-refractivity contribution < 1.29 is 4.79 Å². The lowest BCUT2D eigenvalue weighted by Gasteiger charge is -2.19. The lowest BCUT2D eigenvalue weighted by molar-refractivity contribution is 0.0755. The molecule has 0 bridgehead atoms. The zero-order chi connectivity index (χ0) is 13.5. The van der Waals surface area contributed by atoms with E-state index in [1.165, 1.54) is 12.8 Å². The number of anilines is 1. The summed E-state index contributed by atoms with van der Waals surface area (Å²) >= 11 is 0. The van der Waals surface area contributed by atoms with Crippen molar-refractivity contribution in [3.8, 4) is 0 Å². The Morgan fingerprint density at radius 1 is 1.32 bits per heavy atom. The molecule has 1 saturated heterocycles. The van der Waals surface area contributed by atoms with E-state index in [0.29, 0.717) is 11.6 Å². The summed E-state index contributed by atoms with van der Waals surface area (Å²) in [7, 11) is 0. The summed E-state index contributed by atoms with van der Waals surface area (Å²) in [4.78, 5) is 22.7. The molecule has 0 spiro atoms. The first-order valence-electron chi connectivity index (χ1n) is 7.17. The van der Waals surface area contributed by atoms with Crippen molar-refractivity contribution in [2.45, 2.75) is 39.0 Å². The molecule has 0 radical (unpaired) electrons. The van der Waals surface area contributed by atoms with Gasteiger partial charge in [-0.15, -0.1) is 0 Å². The average Bonchev–Trinajstić information content (AvgIpc) is 2.73. The Balaban J connectivity index is 2.04. The third-order valence-electron chi connectivity index (χ3n) is 3.30. The minimum absolute atomic E-state index is 0.0313. The van der Waals surface area contributed by atoms with Gasteiger partial charge < -0.3 is 10.2 Å². The topological polar surface area (TPSA) is 58.1 Å². The number of aromatic nitrogens is 2. The maximum atomic E-state index is 12.4. The molecule has 5 nitrogen and oxygen atoms in total. The van der Waals surface area contributed by atoms with E-state index in [9.17, 15) is 4.79 Å². The summed E-state index contributed by atoms with van der Waals surface area (Å²) in [6, 6.07) is 1.70. The molecular weight excluding hydrogens is 240 g/mol. The van der Waals surface area contributed by atoms with Crippen molar-refractivity contribution >= 4 is 11.9 Å². The lowest BCUT2D eigenvalue weighted by Crippen LogP contribution is -2.32. The number of carbonyl (C=O) groups excluding carboxylic acids is 1. The van der Waals surface area contributed by atoms with Gasteiger partial charge in [0.15, 0.2) is 0 Å². The van der Waals surface area contributed by atoms with Gasteiger partial charge in [0.1, 0.15) is 5.69 Å². The van der Waals surface area contributed by atoms with Gasteiger partial charge in [-0.3, -0.25) is 4.79 Å². The Kier molecular flexibility index (Phi) is 5.12. The molecule has 2 rings (SSSR count). The third kappa shape index (κ3) is 3.91. The van der Waals surface area contributed by atoms with Crippen molar-refractivity contribution in [1.82, 2.24) is 14.9 Å². The molecule has 0 saturated carbocycles. The number of rotatable bonds is 4. The van der Waals surface area contributed by atoms with Crippen molar-refractivity contribution in [2.75, 3.05) is 25.0 Å². The summed E-state index contributed by atoms with van der Waals surface area (Å²) in [6.07, 6.45) is 7.28. The van der Waals surface area contributed by atoms with Crippen molar-refractivity contribution in [3.05, 3.63) is 18.0 Å². The molecule has 1 aromatic rings. The number of amides is 1. The molecule has 1 amide bonds. The van der Waals surface area contributed by atoms with Gasteiger partial charge in [-0.25, -0.2) is 9.97 Å². The van der Waals surface area contributed by atoms with Crippen LogP contribution in [0.5, 0.6) is 0 Å². The smallest absolute Gasteiger partial charge is 0.272 e. The van der Waals surface area contributed by atoms with Crippen LogP contribution in [0.1, 0.15) is 49.5 Å². The van der Waals surface area contributed by atoms with E-state index in [4.69, 9.17) is 0 Å². The van der Waals surface area contributed by atoms with Crippen LogP contribution in [0.2, 0.25) is 0 Å². The maximum Gasteiger partial charge on any atom is 0.272 e. The quantitative estimate of drug-likeness (QED) is 0.904. The first kappa shape index (κ1) is 13.8. The minimum Gasteiger partial charge on any atom is -0.354 e. The molecule has 1 N–H and O–H groups in total. The first-order valence-corrected chi connectivity index (χ1v) is 7.17. The number of hydrogen-bond acceptors (Lipinski definition) is 4. The molecule has 0 unspecified atom stereocenters. The van der Waals surface area contributed by atoms with Gasteiger partial charge in [-0.2, -0.15) is 0 Å². The summed E-state index contributed by atoms with van der Waals surface area (Å²) < 4.78 is 0. The summed E-state index contributed by atoms with van der Waals surface area (Å²) in [5, 5.41) is 3.11. The van der Waals surface area contributed by atoms with Gasteiger partial charge in [0.25, 0.3) is 5.91 Å². The lowest BCUT2D eigenvalue weighted by atomic mass is 10.2. The van der Waals surface area contributed by atoms with E-state index in [1.54, 1.807) is 12.3 Å². The van der Waals surface area contributed by atoms with Crippen LogP contribution in [-0.2, 0) is 0 Å². The summed E-state index contributed by atoms with van der Waals surface area (Å²) in [5.74, 6) is 0.575. The molecule has 1 fully saturated rings. The standard InChI is InChI=1S/C14H22N4O/c1-2-8-15-14-16-9-7-12(17-14)13(19)18-10-5-3-4-6-11-18/h7,9H,2-6,8,10-11H2,1H3,(H,15,16,17). The fraction of sp³-hybridized carbons (Fsp3) is 0.643. The highest BCUT2D eigenvalue weighted by Gasteiger charge is 2.18. The Morgan fingerprint density at radius 2 is 2.05 bits per heavy atom. The van der Waals surface area contributed by atoms with Gasteiger partial charge >= 0.3 is 0 Å². The van der Waals surface area contributed by atoms with Gasteiger partial charge in [-0.05, 0) is 25.3 Å². The molecule has 5 heteroatoms. The van der Waals surface area contributed by atoms with Gasteiger partial charge in [0.05, 0.1) is 0 Å². The molecule has 0 aromatic carbocycles. The third-order valence-corrected chi connectivity index (χ3v) is 3.30. The molecule has 1 aromatic heterocycles. The van der Waals surface area contributed by atoms with E-state index in [0.717, 1.165) is 38.9 Å². The van der Waals surface area contributed by atoms with Crippen LogP contribution in [0.15, 0.2) is 12.3 Å². The van der Waals surface area contributed by atoms with E-state index >= 15 is 0 Å². The molecule has 0 atom stereocenters. The fourth-order valence-electron chi connectivity index (χ4n) is 2.24. The summed E-state index contributed by atoms with van der Waals surface area (Å²) in [5.41, 5.74) is 0.496. The molecule has 19 heavy (non-hydrogen) atoms. The SMILES string of the molecule is CCCNc1nccc(C(=O)N2CCCCCC2)n1. The van der Waals surface area contributed by atoms with E-state index in [1.807, 2.05) is 4.90 Å². The molecule has 1 aliphatic rings. The number of carbonyl (C=O) groups is 1. The minimum atomic E-state index is 0.0313. The van der Waals surface area contributed by atoms with Crippen LogP contribution in [0.25, 0.3) is 0 Å². The molecule has 2 heterocycles. The number of nitrogens with zero attached hydrogens (tertiary/aromatic N) is 3. The molecular formula is C14H22N4O. The maximum absolute atomic E-state index is 12.4. The van der Waals surface area contributed by atoms with Gasteiger partial charge in [-0.1, -0.05) is 19.8 Å². The highest BCUT2D eigenvalue weighted by atomic mass is 16.2. The van der Waals surface area contributed by atoms with Gasteiger partial charge in [0, 0.05) is 25.8 Å². The van der Waals surface area contributed by atoms with Crippen LogP contribution in [0, 0.1) is 0 Å². The largest absolute Gasteiger partial charge is 0.354 e. The van der Waals surface area contributed by atoms with Crippen LogP contribution in [-0.4, -0.2) is 40.4 Å². The average molecular weight is 262 g/mol. The Labute approximate surface area is 114 Å². The van der Waals surface area contributed by atoms with Gasteiger partial charge in [0.2, 0.25) is 5.95 Å². The van der Waals surface area contributed by atoms with Crippen molar-refractivity contribution in [3.63, 3.8) is 0 Å². The Bertz CT molecular complexity index is 414. The number of nitrogens with one attached hydrogen (secondary N) is 1. The van der Waals surface area contributed by atoms with Crippen molar-refractivity contribution in [2.24, 2.45) is 0 Å². The summed E-state index contributed by atoms with van der Waals surface area (Å²) in [6.45, 7) is 4.60. The van der Waals surface area contributed by atoms with Crippen LogP contribution in [0.4, 0.5) is 5.95 Å². The second kappa shape index (κ2) is 7.07. The van der Waals surface area contributed by atoms with E-state index < -0.39 is 0 Å². The number of likely N-dealkylation sites (tertiary alicyclic amines) is 1. The monoisotopic (exact) mass is 262 g/mol. The Morgan fingerprint density at radius 3 is 2.74 bits per heavy atom. The Hall–Kier alpha value is -1.65. The van der Waals surface area contributed by atoms with E-state index in [2.05, 4.69) is 22.2 Å². The van der Waals surface area contributed by atoms with E-state index in [-0.39, 0.29) is 5.91 Å². The normalized spacial score (nSPS) is 15.9. The van der Waals surface area contributed by atoms with Crippen LogP contribution >= 0.6 is 0 Å². The fourth-order valence-corrected chi connectivity index (χ4v) is 2.24. The first-order chi connectivity index (χ1) is 9.31.